The highest BCUT2D eigenvalue weighted by Gasteiger charge is 2.26. The van der Waals surface area contributed by atoms with E-state index in [1.807, 2.05) is 6.92 Å². The van der Waals surface area contributed by atoms with Crippen molar-refractivity contribution in [2.24, 2.45) is 0 Å². The molecule has 3 aromatic rings. The number of hydrogen-bond donors (Lipinski definition) is 2. The molecular weight excluding hydrogens is 538 g/mol. The van der Waals surface area contributed by atoms with E-state index in [1.165, 1.54) is 16.4 Å². The van der Waals surface area contributed by atoms with Crippen LogP contribution < -0.4 is 10.6 Å². The first-order valence-corrected chi connectivity index (χ1v) is 15.9. The van der Waals surface area contributed by atoms with Crippen molar-refractivity contribution in [3.63, 3.8) is 0 Å². The summed E-state index contributed by atoms with van der Waals surface area (Å²) in [7, 11) is -3.53. The van der Waals surface area contributed by atoms with Gasteiger partial charge in [0, 0.05) is 44.1 Å². The molecule has 2 N–H and O–H groups in total. The van der Waals surface area contributed by atoms with Gasteiger partial charge in [0.1, 0.15) is 5.82 Å². The SMILES string of the molecule is CCCSc1nc(NCCOCC)c2cnn(CCNC(=O)c3ccc(S(=O)(=O)N4CCCCC4)cc3)c2n1. The van der Waals surface area contributed by atoms with Gasteiger partial charge in [0.15, 0.2) is 10.8 Å². The Bertz CT molecular complexity index is 1340. The van der Waals surface area contributed by atoms with Crippen LogP contribution in [0.25, 0.3) is 11.0 Å². The molecule has 1 fully saturated rings. The molecule has 39 heavy (non-hydrogen) atoms. The topological polar surface area (TPSA) is 131 Å². The summed E-state index contributed by atoms with van der Waals surface area (Å²) in [5, 5.41) is 12.2. The normalized spacial score (nSPS) is 14.5. The van der Waals surface area contributed by atoms with Crippen LogP contribution in [-0.4, -0.2) is 83.5 Å². The summed E-state index contributed by atoms with van der Waals surface area (Å²) < 4.78 is 34.4. The number of ether oxygens (including phenoxy) is 1. The predicted octanol–water partition coefficient (Wildman–Crippen LogP) is 3.38. The Labute approximate surface area is 234 Å². The average molecular weight is 576 g/mol. The van der Waals surface area contributed by atoms with E-state index >= 15 is 0 Å². The highest BCUT2D eigenvalue weighted by molar-refractivity contribution is 7.99. The minimum Gasteiger partial charge on any atom is -0.380 e. The van der Waals surface area contributed by atoms with Crippen LogP contribution in [0, 0.1) is 0 Å². The number of carbonyl (C=O) groups excluding carboxylic acids is 1. The Morgan fingerprint density at radius 1 is 1.08 bits per heavy atom. The number of nitrogens with one attached hydrogen (secondary N) is 2. The van der Waals surface area contributed by atoms with Crippen LogP contribution in [-0.2, 0) is 21.3 Å². The van der Waals surface area contributed by atoms with Crippen molar-refractivity contribution in [2.75, 3.05) is 50.5 Å². The van der Waals surface area contributed by atoms with Crippen LogP contribution in [0.5, 0.6) is 0 Å². The molecule has 3 heterocycles. The lowest BCUT2D eigenvalue weighted by molar-refractivity contribution is 0.0952. The molecule has 212 valence electrons. The van der Waals surface area contributed by atoms with Crippen LogP contribution in [0.4, 0.5) is 5.82 Å². The van der Waals surface area contributed by atoms with Crippen LogP contribution in [0.2, 0.25) is 0 Å². The third-order valence-corrected chi connectivity index (χ3v) is 9.30. The zero-order valence-corrected chi connectivity index (χ0v) is 24.2. The molecule has 13 heteroatoms. The molecule has 1 amide bonds. The summed E-state index contributed by atoms with van der Waals surface area (Å²) in [5.41, 5.74) is 1.10. The number of nitrogens with zero attached hydrogens (tertiary/aromatic N) is 5. The zero-order valence-electron chi connectivity index (χ0n) is 22.6. The summed E-state index contributed by atoms with van der Waals surface area (Å²) in [6.45, 7) is 7.76. The summed E-state index contributed by atoms with van der Waals surface area (Å²) in [6.07, 6.45) is 5.55. The number of sulfonamides is 1. The van der Waals surface area contributed by atoms with Gasteiger partial charge in [0.25, 0.3) is 5.91 Å². The predicted molar refractivity (Wildman–Crippen MR) is 153 cm³/mol. The molecule has 0 unspecified atom stereocenters. The number of hydrogen-bond acceptors (Lipinski definition) is 9. The first-order chi connectivity index (χ1) is 18.9. The molecule has 0 atom stereocenters. The largest absolute Gasteiger partial charge is 0.380 e. The van der Waals surface area contributed by atoms with Gasteiger partial charge < -0.3 is 15.4 Å². The summed E-state index contributed by atoms with van der Waals surface area (Å²) >= 11 is 1.59. The van der Waals surface area contributed by atoms with Crippen molar-refractivity contribution in [1.29, 1.82) is 0 Å². The van der Waals surface area contributed by atoms with Crippen LogP contribution in [0.1, 0.15) is 49.9 Å². The molecule has 1 aliphatic heterocycles. The van der Waals surface area contributed by atoms with Gasteiger partial charge in [0.2, 0.25) is 10.0 Å². The van der Waals surface area contributed by atoms with Gasteiger partial charge in [-0.05, 0) is 50.5 Å². The number of fused-ring (bicyclic) bond motifs is 1. The van der Waals surface area contributed by atoms with Crippen LogP contribution >= 0.6 is 11.8 Å². The van der Waals surface area contributed by atoms with E-state index < -0.39 is 10.0 Å². The number of anilines is 1. The molecule has 2 aromatic heterocycles. The molecular formula is C26H37N7O4S2. The number of amides is 1. The molecule has 1 aliphatic rings. The van der Waals surface area contributed by atoms with E-state index in [0.717, 1.165) is 36.8 Å². The van der Waals surface area contributed by atoms with Gasteiger partial charge >= 0.3 is 0 Å². The molecule has 0 spiro atoms. The lowest BCUT2D eigenvalue weighted by atomic mass is 10.2. The smallest absolute Gasteiger partial charge is 0.251 e. The molecule has 0 bridgehead atoms. The van der Waals surface area contributed by atoms with Gasteiger partial charge in [-0.1, -0.05) is 25.1 Å². The Balaban J connectivity index is 1.39. The van der Waals surface area contributed by atoms with Crippen molar-refractivity contribution < 1.29 is 17.9 Å². The summed E-state index contributed by atoms with van der Waals surface area (Å²) in [5.74, 6) is 1.35. The quantitative estimate of drug-likeness (QED) is 0.169. The summed E-state index contributed by atoms with van der Waals surface area (Å²) in [6, 6.07) is 6.12. The van der Waals surface area contributed by atoms with Crippen molar-refractivity contribution in [3.05, 3.63) is 36.0 Å². The van der Waals surface area contributed by atoms with E-state index in [9.17, 15) is 13.2 Å². The van der Waals surface area contributed by atoms with E-state index in [1.54, 1.807) is 34.8 Å². The van der Waals surface area contributed by atoms with Crippen molar-refractivity contribution >= 4 is 44.5 Å². The fourth-order valence-electron chi connectivity index (χ4n) is 4.29. The molecule has 4 rings (SSSR count). The molecule has 11 nitrogen and oxygen atoms in total. The minimum absolute atomic E-state index is 0.214. The maximum atomic E-state index is 12.9. The molecule has 0 aliphatic carbocycles. The highest BCUT2D eigenvalue weighted by atomic mass is 32.2. The Kier molecular flexibility index (Phi) is 10.5. The fourth-order valence-corrected chi connectivity index (χ4v) is 6.50. The average Bonchev–Trinajstić information content (AvgIpc) is 3.37. The van der Waals surface area contributed by atoms with Gasteiger partial charge in [-0.15, -0.1) is 0 Å². The van der Waals surface area contributed by atoms with E-state index in [-0.39, 0.29) is 10.8 Å². The maximum absolute atomic E-state index is 12.9. The second kappa shape index (κ2) is 14.1. The van der Waals surface area contributed by atoms with E-state index in [2.05, 4.69) is 27.6 Å². The second-order valence-corrected chi connectivity index (χ2v) is 12.2. The number of carbonyl (C=O) groups is 1. The summed E-state index contributed by atoms with van der Waals surface area (Å²) in [4.78, 5) is 22.3. The third kappa shape index (κ3) is 7.47. The van der Waals surface area contributed by atoms with Gasteiger partial charge in [-0.3, -0.25) is 4.79 Å². The lowest BCUT2D eigenvalue weighted by Gasteiger charge is -2.25. The second-order valence-electron chi connectivity index (χ2n) is 9.18. The Morgan fingerprint density at radius 3 is 2.56 bits per heavy atom. The first-order valence-electron chi connectivity index (χ1n) is 13.5. The number of benzene rings is 1. The molecule has 1 aromatic carbocycles. The van der Waals surface area contributed by atoms with Crippen LogP contribution in [0.15, 0.2) is 40.5 Å². The highest BCUT2D eigenvalue weighted by Crippen LogP contribution is 2.25. The number of aromatic nitrogens is 4. The van der Waals surface area contributed by atoms with Crippen molar-refractivity contribution in [2.45, 2.75) is 56.1 Å². The van der Waals surface area contributed by atoms with Gasteiger partial charge in [-0.2, -0.15) is 9.40 Å². The van der Waals surface area contributed by atoms with Gasteiger partial charge in [-0.25, -0.2) is 23.1 Å². The first kappa shape index (κ1) is 29.2. The number of piperidine rings is 1. The number of rotatable bonds is 14. The van der Waals surface area contributed by atoms with Crippen molar-refractivity contribution in [1.82, 2.24) is 29.4 Å². The molecule has 1 saturated heterocycles. The van der Waals surface area contributed by atoms with E-state index in [4.69, 9.17) is 9.72 Å². The standard InChI is InChI=1S/C26H37N7O4S2/c1-3-18-38-26-30-23(27-13-17-37-4-2)22-19-29-33(24(22)31-26)16-12-28-25(34)20-8-10-21(11-9-20)39(35,36)32-14-6-5-7-15-32/h8-11,19H,3-7,12-18H2,1-2H3,(H,28,34)(H,27,30,31). The van der Waals surface area contributed by atoms with Crippen molar-refractivity contribution in [3.8, 4) is 0 Å². The van der Waals surface area contributed by atoms with E-state index in [0.29, 0.717) is 68.1 Å². The van der Waals surface area contributed by atoms with Crippen LogP contribution in [0.3, 0.4) is 0 Å². The minimum atomic E-state index is -3.53. The van der Waals surface area contributed by atoms with Gasteiger partial charge in [0.05, 0.1) is 29.6 Å². The fraction of sp³-hybridized carbons (Fsp3) is 0.538. The Morgan fingerprint density at radius 2 is 1.85 bits per heavy atom. The molecule has 0 radical (unpaired) electrons. The lowest BCUT2D eigenvalue weighted by Crippen LogP contribution is -2.35. The third-order valence-electron chi connectivity index (χ3n) is 6.33. The maximum Gasteiger partial charge on any atom is 0.251 e. The Hall–Kier alpha value is -2.74. The molecule has 0 saturated carbocycles. The number of thioether (sulfide) groups is 1. The zero-order chi connectivity index (χ0) is 27.7. The monoisotopic (exact) mass is 575 g/mol.